The topological polar surface area (TPSA) is 66.6 Å². The quantitative estimate of drug-likeness (QED) is 0.713. The maximum atomic E-state index is 13.4. The molecule has 1 atom stereocenters. The Hall–Kier alpha value is -1.62. The lowest BCUT2D eigenvalue weighted by molar-refractivity contribution is -0.117. The Balaban J connectivity index is 2.34. The van der Waals surface area contributed by atoms with Gasteiger partial charge in [0.2, 0.25) is 5.91 Å². The second-order valence-corrected chi connectivity index (χ2v) is 3.60. The highest BCUT2D eigenvalue weighted by molar-refractivity contribution is 5.96. The summed E-state index contributed by atoms with van der Waals surface area (Å²) in [7, 11) is 0. The number of nitrogens with zero attached hydrogens (tertiary/aromatic N) is 1. The number of phenolic OH excluding ortho intramolecular Hbond substituents is 1. The molecular weight excluding hydrogens is 199 g/mol. The molecule has 2 rings (SSSR count). The van der Waals surface area contributed by atoms with E-state index in [-0.39, 0.29) is 29.8 Å². The molecule has 1 aromatic rings. The van der Waals surface area contributed by atoms with Crippen molar-refractivity contribution in [2.45, 2.75) is 12.5 Å². The summed E-state index contributed by atoms with van der Waals surface area (Å²) >= 11 is 0. The van der Waals surface area contributed by atoms with Crippen LogP contribution in [0.15, 0.2) is 18.2 Å². The van der Waals surface area contributed by atoms with Crippen LogP contribution in [-0.2, 0) is 4.79 Å². The number of carbonyl (C=O) groups excluding carboxylic acids is 1. The number of hydrogen-bond donors (Lipinski definition) is 2. The fraction of sp³-hybridized carbons (Fsp3) is 0.300. The van der Waals surface area contributed by atoms with E-state index in [4.69, 9.17) is 10.8 Å². The highest BCUT2D eigenvalue weighted by Crippen LogP contribution is 2.26. The summed E-state index contributed by atoms with van der Waals surface area (Å²) < 4.78 is 13.4. The van der Waals surface area contributed by atoms with Crippen LogP contribution in [-0.4, -0.2) is 23.6 Å². The number of carbonyl (C=O) groups is 1. The van der Waals surface area contributed by atoms with Gasteiger partial charge < -0.3 is 15.7 Å². The third-order valence-electron chi connectivity index (χ3n) is 2.38. The summed E-state index contributed by atoms with van der Waals surface area (Å²) in [6, 6.07) is 3.45. The number of nitrogens with two attached hydrogens (primary N) is 1. The van der Waals surface area contributed by atoms with Crippen LogP contribution >= 0.6 is 0 Å². The lowest BCUT2D eigenvalue weighted by Crippen LogP contribution is -2.28. The van der Waals surface area contributed by atoms with Crippen molar-refractivity contribution in [1.82, 2.24) is 0 Å². The Morgan fingerprint density at radius 3 is 2.80 bits per heavy atom. The van der Waals surface area contributed by atoms with Gasteiger partial charge in [-0.05, 0) is 12.1 Å². The van der Waals surface area contributed by atoms with Gasteiger partial charge >= 0.3 is 0 Å². The minimum atomic E-state index is -0.613. The van der Waals surface area contributed by atoms with Crippen LogP contribution in [0.5, 0.6) is 5.75 Å². The molecule has 1 aliphatic rings. The maximum absolute atomic E-state index is 13.4. The number of halogens is 1. The average Bonchev–Trinajstić information content (AvgIpc) is 2.45. The molecule has 1 saturated heterocycles. The fourth-order valence-corrected chi connectivity index (χ4v) is 1.68. The summed E-state index contributed by atoms with van der Waals surface area (Å²) in [4.78, 5) is 12.7. The SMILES string of the molecule is NC1CC(=O)N(c2ccc(O)cc2F)C1. The molecule has 1 aliphatic heterocycles. The Kier molecular flexibility index (Phi) is 2.32. The van der Waals surface area contributed by atoms with Crippen molar-refractivity contribution in [1.29, 1.82) is 0 Å². The molecule has 1 heterocycles. The van der Waals surface area contributed by atoms with Crippen LogP contribution in [0.4, 0.5) is 10.1 Å². The molecule has 0 spiro atoms. The van der Waals surface area contributed by atoms with Gasteiger partial charge in [0.25, 0.3) is 0 Å². The number of phenols is 1. The lowest BCUT2D eigenvalue weighted by Gasteiger charge is -2.16. The number of amides is 1. The minimum Gasteiger partial charge on any atom is -0.508 e. The largest absolute Gasteiger partial charge is 0.508 e. The summed E-state index contributed by atoms with van der Waals surface area (Å²) in [5.74, 6) is -0.961. The average molecular weight is 210 g/mol. The van der Waals surface area contributed by atoms with Gasteiger partial charge in [-0.1, -0.05) is 0 Å². The maximum Gasteiger partial charge on any atom is 0.228 e. The molecule has 1 amide bonds. The first-order chi connectivity index (χ1) is 7.08. The molecule has 80 valence electrons. The lowest BCUT2D eigenvalue weighted by atomic mass is 10.2. The number of benzene rings is 1. The van der Waals surface area contributed by atoms with E-state index in [1.54, 1.807) is 0 Å². The van der Waals surface area contributed by atoms with Gasteiger partial charge in [-0.2, -0.15) is 0 Å². The standard InChI is InChI=1S/C10H11FN2O2/c11-8-4-7(14)1-2-9(8)13-5-6(12)3-10(13)15/h1-2,4,6,14H,3,5,12H2. The molecule has 0 aliphatic carbocycles. The smallest absolute Gasteiger partial charge is 0.228 e. The summed E-state index contributed by atoms with van der Waals surface area (Å²) in [6.45, 7) is 0.320. The van der Waals surface area contributed by atoms with E-state index < -0.39 is 5.82 Å². The molecule has 1 unspecified atom stereocenters. The van der Waals surface area contributed by atoms with E-state index in [9.17, 15) is 9.18 Å². The molecule has 5 heteroatoms. The van der Waals surface area contributed by atoms with Crippen LogP contribution in [0.2, 0.25) is 0 Å². The minimum absolute atomic E-state index is 0.160. The predicted octanol–water partition coefficient (Wildman–Crippen LogP) is 0.595. The summed E-state index contributed by atoms with van der Waals surface area (Å²) in [5, 5.41) is 9.03. The number of aromatic hydroxyl groups is 1. The Morgan fingerprint density at radius 2 is 2.27 bits per heavy atom. The molecule has 1 fully saturated rings. The van der Waals surface area contributed by atoms with E-state index in [1.165, 1.54) is 17.0 Å². The van der Waals surface area contributed by atoms with E-state index >= 15 is 0 Å². The first-order valence-electron chi connectivity index (χ1n) is 4.62. The first kappa shape index (κ1) is 9.92. The molecule has 0 saturated carbocycles. The highest BCUT2D eigenvalue weighted by atomic mass is 19.1. The van der Waals surface area contributed by atoms with Crippen molar-refractivity contribution >= 4 is 11.6 Å². The molecule has 15 heavy (non-hydrogen) atoms. The third kappa shape index (κ3) is 1.78. The molecular formula is C10H11FN2O2. The zero-order valence-electron chi connectivity index (χ0n) is 7.98. The van der Waals surface area contributed by atoms with E-state index in [2.05, 4.69) is 0 Å². The van der Waals surface area contributed by atoms with Gasteiger partial charge in [0.15, 0.2) is 5.82 Å². The van der Waals surface area contributed by atoms with Gasteiger partial charge in [0.1, 0.15) is 5.75 Å². The second-order valence-electron chi connectivity index (χ2n) is 3.60. The summed E-state index contributed by atoms with van der Waals surface area (Å²) in [6.07, 6.45) is 0.236. The Morgan fingerprint density at radius 1 is 1.53 bits per heavy atom. The van der Waals surface area contributed by atoms with Crippen molar-refractivity contribution in [3.05, 3.63) is 24.0 Å². The zero-order chi connectivity index (χ0) is 11.0. The Bertz CT molecular complexity index is 408. The van der Waals surface area contributed by atoms with Crippen molar-refractivity contribution in [3.63, 3.8) is 0 Å². The van der Waals surface area contributed by atoms with Gasteiger partial charge in [0.05, 0.1) is 5.69 Å². The van der Waals surface area contributed by atoms with E-state index in [1.807, 2.05) is 0 Å². The molecule has 0 bridgehead atoms. The van der Waals surface area contributed by atoms with Crippen LogP contribution < -0.4 is 10.6 Å². The van der Waals surface area contributed by atoms with E-state index in [0.29, 0.717) is 6.54 Å². The van der Waals surface area contributed by atoms with Gasteiger partial charge in [0, 0.05) is 25.1 Å². The van der Waals surface area contributed by atoms with Crippen molar-refractivity contribution in [2.75, 3.05) is 11.4 Å². The van der Waals surface area contributed by atoms with Crippen LogP contribution in [0.25, 0.3) is 0 Å². The fourth-order valence-electron chi connectivity index (χ4n) is 1.68. The van der Waals surface area contributed by atoms with Crippen molar-refractivity contribution in [2.24, 2.45) is 5.73 Å². The van der Waals surface area contributed by atoms with Gasteiger partial charge in [-0.25, -0.2) is 4.39 Å². The summed E-state index contributed by atoms with van der Waals surface area (Å²) in [5.41, 5.74) is 5.77. The van der Waals surface area contributed by atoms with Gasteiger partial charge in [-0.15, -0.1) is 0 Å². The molecule has 4 nitrogen and oxygen atoms in total. The van der Waals surface area contributed by atoms with Crippen LogP contribution in [0.3, 0.4) is 0 Å². The zero-order valence-corrected chi connectivity index (χ0v) is 7.98. The normalized spacial score (nSPS) is 21.1. The first-order valence-corrected chi connectivity index (χ1v) is 4.62. The predicted molar refractivity (Wildman–Crippen MR) is 53.0 cm³/mol. The second kappa shape index (κ2) is 3.51. The van der Waals surface area contributed by atoms with Crippen LogP contribution in [0, 0.1) is 5.82 Å². The van der Waals surface area contributed by atoms with Crippen molar-refractivity contribution < 1.29 is 14.3 Å². The highest BCUT2D eigenvalue weighted by Gasteiger charge is 2.29. The number of anilines is 1. The van der Waals surface area contributed by atoms with Gasteiger partial charge in [-0.3, -0.25) is 4.79 Å². The van der Waals surface area contributed by atoms with E-state index in [0.717, 1.165) is 6.07 Å². The Labute approximate surface area is 86.1 Å². The number of hydrogen-bond acceptors (Lipinski definition) is 3. The molecule has 1 aromatic carbocycles. The molecule has 3 N–H and O–H groups in total. The molecule has 0 radical (unpaired) electrons. The van der Waals surface area contributed by atoms with Crippen molar-refractivity contribution in [3.8, 4) is 5.75 Å². The third-order valence-corrected chi connectivity index (χ3v) is 2.38. The molecule has 0 aromatic heterocycles. The number of rotatable bonds is 1. The van der Waals surface area contributed by atoms with Crippen LogP contribution in [0.1, 0.15) is 6.42 Å². The monoisotopic (exact) mass is 210 g/mol.